The van der Waals surface area contributed by atoms with Crippen molar-refractivity contribution >= 4 is 22.7 Å². The lowest BCUT2D eigenvalue weighted by atomic mass is 10.1. The van der Waals surface area contributed by atoms with Crippen LogP contribution in [-0.4, -0.2) is 44.1 Å². The van der Waals surface area contributed by atoms with Crippen molar-refractivity contribution in [1.29, 1.82) is 0 Å². The van der Waals surface area contributed by atoms with Crippen molar-refractivity contribution in [3.8, 4) is 0 Å². The molecule has 0 saturated carbocycles. The molecule has 2 aromatic heterocycles. The van der Waals surface area contributed by atoms with Crippen LogP contribution in [-0.2, 0) is 0 Å². The largest absolute Gasteiger partial charge is 0.476 e. The second-order valence-corrected chi connectivity index (χ2v) is 6.60. The summed E-state index contributed by atoms with van der Waals surface area (Å²) >= 11 is 0. The summed E-state index contributed by atoms with van der Waals surface area (Å²) < 4.78 is 1.65. The minimum absolute atomic E-state index is 0.0198. The first-order valence-electron chi connectivity index (χ1n) is 8.29. The minimum atomic E-state index is -1.05. The summed E-state index contributed by atoms with van der Waals surface area (Å²) in [6.45, 7) is 5.77. The predicted molar refractivity (Wildman–Crippen MR) is 94.1 cm³/mol. The van der Waals surface area contributed by atoms with Gasteiger partial charge in [0.2, 0.25) is 0 Å². The van der Waals surface area contributed by atoms with Crippen molar-refractivity contribution in [3.63, 3.8) is 0 Å². The van der Waals surface area contributed by atoms with Crippen LogP contribution in [0.3, 0.4) is 0 Å². The Morgan fingerprint density at radius 2 is 2.12 bits per heavy atom. The van der Waals surface area contributed by atoms with Crippen molar-refractivity contribution in [2.24, 2.45) is 0 Å². The van der Waals surface area contributed by atoms with E-state index in [2.05, 4.69) is 53.3 Å². The molecule has 1 aliphatic rings. The van der Waals surface area contributed by atoms with E-state index in [1.165, 1.54) is 22.7 Å². The van der Waals surface area contributed by atoms with Gasteiger partial charge in [0.1, 0.15) is 5.82 Å². The molecule has 1 atom stereocenters. The summed E-state index contributed by atoms with van der Waals surface area (Å²) in [5, 5.41) is 17.8. The van der Waals surface area contributed by atoms with Gasteiger partial charge in [0.15, 0.2) is 5.69 Å². The molecule has 0 radical (unpaired) electrons. The lowest BCUT2D eigenvalue weighted by Gasteiger charge is -2.19. The molecule has 1 aromatic carbocycles. The number of pyridine rings is 1. The van der Waals surface area contributed by atoms with E-state index in [4.69, 9.17) is 10.1 Å². The Bertz CT molecular complexity index is 965. The molecule has 0 aliphatic carbocycles. The number of rotatable bonds is 3. The van der Waals surface area contributed by atoms with Gasteiger partial charge in [-0.25, -0.2) is 14.5 Å². The molecule has 1 unspecified atom stereocenters. The lowest BCUT2D eigenvalue weighted by Crippen LogP contribution is -2.22. The standard InChI is InChI=1S/C18H19N5O2/c1-11-3-4-14-12(2)8-17(19-15(14)7-11)22-6-5-13(9-22)23-10-16(18(24)25)20-21-23/h3-4,7-8,10,13H,5-6,9H2,1-2H3,(H,24,25). The van der Waals surface area contributed by atoms with Gasteiger partial charge >= 0.3 is 5.97 Å². The van der Waals surface area contributed by atoms with Crippen LogP contribution in [0.15, 0.2) is 30.5 Å². The number of carbonyl (C=O) groups is 1. The summed E-state index contributed by atoms with van der Waals surface area (Å²) in [5.74, 6) is -0.0973. The van der Waals surface area contributed by atoms with E-state index < -0.39 is 5.97 Å². The molecule has 3 aromatic rings. The quantitative estimate of drug-likeness (QED) is 0.791. The fourth-order valence-corrected chi connectivity index (χ4v) is 3.38. The molecular formula is C18H19N5O2. The fourth-order valence-electron chi connectivity index (χ4n) is 3.38. The van der Waals surface area contributed by atoms with Gasteiger partial charge in [0.25, 0.3) is 0 Å². The molecule has 0 amide bonds. The fraction of sp³-hybridized carbons (Fsp3) is 0.333. The first-order valence-corrected chi connectivity index (χ1v) is 8.29. The molecular weight excluding hydrogens is 318 g/mol. The van der Waals surface area contributed by atoms with Crippen LogP contribution >= 0.6 is 0 Å². The summed E-state index contributed by atoms with van der Waals surface area (Å²) in [6.07, 6.45) is 2.38. The Labute approximate surface area is 144 Å². The van der Waals surface area contributed by atoms with Crippen molar-refractivity contribution in [2.75, 3.05) is 18.0 Å². The third-order valence-electron chi connectivity index (χ3n) is 4.75. The number of carboxylic acids is 1. The van der Waals surface area contributed by atoms with Crippen LogP contribution in [0, 0.1) is 13.8 Å². The number of aryl methyl sites for hydroxylation is 2. The zero-order valence-electron chi connectivity index (χ0n) is 14.2. The number of carboxylic acid groups (broad SMARTS) is 1. The Kier molecular flexibility index (Phi) is 3.63. The van der Waals surface area contributed by atoms with Gasteiger partial charge in [0, 0.05) is 18.5 Å². The van der Waals surface area contributed by atoms with E-state index in [9.17, 15) is 4.79 Å². The number of aromatic nitrogens is 4. The minimum Gasteiger partial charge on any atom is -0.476 e. The Hall–Kier alpha value is -2.96. The molecule has 1 saturated heterocycles. The highest BCUT2D eigenvalue weighted by atomic mass is 16.4. The van der Waals surface area contributed by atoms with Crippen LogP contribution in [0.25, 0.3) is 10.9 Å². The van der Waals surface area contributed by atoms with Gasteiger partial charge in [-0.1, -0.05) is 17.3 Å². The number of aromatic carboxylic acids is 1. The average molecular weight is 337 g/mol. The van der Waals surface area contributed by atoms with E-state index in [0.717, 1.165) is 30.8 Å². The molecule has 1 N–H and O–H groups in total. The Balaban J connectivity index is 1.60. The topological polar surface area (TPSA) is 84.1 Å². The van der Waals surface area contributed by atoms with Crippen molar-refractivity contribution in [2.45, 2.75) is 26.3 Å². The Morgan fingerprint density at radius 1 is 1.28 bits per heavy atom. The summed E-state index contributed by atoms with van der Waals surface area (Å²) in [7, 11) is 0. The van der Waals surface area contributed by atoms with E-state index >= 15 is 0 Å². The molecule has 3 heterocycles. The highest BCUT2D eigenvalue weighted by Crippen LogP contribution is 2.29. The smallest absolute Gasteiger partial charge is 0.358 e. The van der Waals surface area contributed by atoms with Crippen molar-refractivity contribution in [1.82, 2.24) is 20.0 Å². The second kappa shape index (κ2) is 5.84. The molecule has 0 bridgehead atoms. The molecule has 4 rings (SSSR count). The predicted octanol–water partition coefficient (Wildman–Crippen LogP) is 2.59. The van der Waals surface area contributed by atoms with Crippen LogP contribution in [0.5, 0.6) is 0 Å². The maximum Gasteiger partial charge on any atom is 0.358 e. The zero-order valence-corrected chi connectivity index (χ0v) is 14.2. The van der Waals surface area contributed by atoms with Crippen molar-refractivity contribution < 1.29 is 9.90 Å². The normalized spacial score (nSPS) is 17.4. The van der Waals surface area contributed by atoms with E-state index in [1.807, 2.05) is 0 Å². The van der Waals surface area contributed by atoms with Crippen LogP contribution in [0.1, 0.15) is 34.1 Å². The molecule has 128 valence electrons. The van der Waals surface area contributed by atoms with Gasteiger partial charge in [-0.2, -0.15) is 0 Å². The van der Waals surface area contributed by atoms with Gasteiger partial charge in [-0.15, -0.1) is 5.10 Å². The third-order valence-corrected chi connectivity index (χ3v) is 4.75. The number of fused-ring (bicyclic) bond motifs is 1. The maximum absolute atomic E-state index is 11.0. The summed E-state index contributed by atoms with van der Waals surface area (Å²) in [6, 6.07) is 8.55. The van der Waals surface area contributed by atoms with Crippen molar-refractivity contribution in [3.05, 3.63) is 47.3 Å². The van der Waals surface area contributed by atoms with Gasteiger partial charge in [-0.3, -0.25) is 0 Å². The number of hydrogen-bond donors (Lipinski definition) is 1. The number of benzene rings is 1. The highest BCUT2D eigenvalue weighted by molar-refractivity contribution is 5.85. The first-order chi connectivity index (χ1) is 12.0. The number of hydrogen-bond acceptors (Lipinski definition) is 5. The van der Waals surface area contributed by atoms with E-state index in [-0.39, 0.29) is 11.7 Å². The van der Waals surface area contributed by atoms with Crippen LogP contribution in [0.4, 0.5) is 5.82 Å². The van der Waals surface area contributed by atoms with Crippen LogP contribution < -0.4 is 4.90 Å². The third kappa shape index (κ3) is 2.82. The summed E-state index contributed by atoms with van der Waals surface area (Å²) in [5.41, 5.74) is 3.39. The van der Waals surface area contributed by atoms with E-state index in [0.29, 0.717) is 0 Å². The number of anilines is 1. The van der Waals surface area contributed by atoms with Gasteiger partial charge in [-0.05, 0) is 43.5 Å². The molecule has 25 heavy (non-hydrogen) atoms. The zero-order chi connectivity index (χ0) is 17.6. The lowest BCUT2D eigenvalue weighted by molar-refractivity contribution is 0.0690. The molecule has 7 nitrogen and oxygen atoms in total. The van der Waals surface area contributed by atoms with Gasteiger partial charge < -0.3 is 10.0 Å². The number of nitrogens with zero attached hydrogens (tertiary/aromatic N) is 5. The molecule has 1 fully saturated rings. The maximum atomic E-state index is 11.0. The molecule has 1 aliphatic heterocycles. The average Bonchev–Trinajstić information content (AvgIpc) is 3.23. The monoisotopic (exact) mass is 337 g/mol. The molecule has 0 spiro atoms. The molecule has 7 heteroatoms. The highest BCUT2D eigenvalue weighted by Gasteiger charge is 2.27. The van der Waals surface area contributed by atoms with Crippen LogP contribution in [0.2, 0.25) is 0 Å². The Morgan fingerprint density at radius 3 is 2.88 bits per heavy atom. The van der Waals surface area contributed by atoms with Gasteiger partial charge in [0.05, 0.1) is 17.8 Å². The first kappa shape index (κ1) is 15.6. The second-order valence-electron chi connectivity index (χ2n) is 6.60. The SMILES string of the molecule is Cc1ccc2c(C)cc(N3CCC(n4cc(C(=O)O)nn4)C3)nc2c1. The summed E-state index contributed by atoms with van der Waals surface area (Å²) in [4.78, 5) is 18.0. The van der Waals surface area contributed by atoms with E-state index in [1.54, 1.807) is 4.68 Å².